The van der Waals surface area contributed by atoms with Crippen LogP contribution in [0.15, 0.2) is 16.6 Å². The molecule has 0 aliphatic rings. The maximum Gasteiger partial charge on any atom is 0.242 e. The summed E-state index contributed by atoms with van der Waals surface area (Å²) in [6.45, 7) is 4.47. The summed E-state index contributed by atoms with van der Waals surface area (Å²) in [4.78, 5) is 11.8. The fraction of sp³-hybridized carbons (Fsp3) is 0.462. The molecule has 0 aliphatic heterocycles. The number of hydrogen-bond donors (Lipinski definition) is 2. The lowest BCUT2D eigenvalue weighted by atomic mass is 10.1. The van der Waals surface area contributed by atoms with Crippen molar-refractivity contribution in [1.82, 2.24) is 5.32 Å². The zero-order valence-corrected chi connectivity index (χ0v) is 12.8. The number of carbonyl (C=O) groups excluding carboxylic acids is 1. The van der Waals surface area contributed by atoms with Gasteiger partial charge in [0, 0.05) is 19.3 Å². The fourth-order valence-electron chi connectivity index (χ4n) is 1.53. The third-order valence-corrected chi connectivity index (χ3v) is 3.25. The Morgan fingerprint density at radius 2 is 2.21 bits per heavy atom. The number of halogens is 2. The summed E-state index contributed by atoms with van der Waals surface area (Å²) in [7, 11) is 1.58. The number of methoxy groups -OCH3 is 1. The summed E-state index contributed by atoms with van der Waals surface area (Å²) < 4.78 is 18.5. The molecule has 0 aromatic heterocycles. The van der Waals surface area contributed by atoms with Gasteiger partial charge < -0.3 is 15.4 Å². The lowest BCUT2D eigenvalue weighted by Gasteiger charge is -2.17. The second-order valence-corrected chi connectivity index (χ2v) is 5.09. The van der Waals surface area contributed by atoms with Crippen molar-refractivity contribution in [3.8, 4) is 0 Å². The Morgan fingerprint density at radius 1 is 1.53 bits per heavy atom. The molecule has 0 saturated heterocycles. The number of hydrogen-bond acceptors (Lipinski definition) is 3. The molecule has 4 nitrogen and oxygen atoms in total. The topological polar surface area (TPSA) is 50.4 Å². The highest BCUT2D eigenvalue weighted by atomic mass is 79.9. The van der Waals surface area contributed by atoms with E-state index in [4.69, 9.17) is 4.74 Å². The Kier molecular flexibility index (Phi) is 6.24. The average molecular weight is 333 g/mol. The van der Waals surface area contributed by atoms with Crippen molar-refractivity contribution in [1.29, 1.82) is 0 Å². The molecule has 19 heavy (non-hydrogen) atoms. The van der Waals surface area contributed by atoms with Crippen molar-refractivity contribution < 1.29 is 13.9 Å². The molecule has 1 unspecified atom stereocenters. The van der Waals surface area contributed by atoms with E-state index < -0.39 is 6.04 Å². The number of ether oxygens (including phenoxy) is 1. The molecular weight excluding hydrogens is 315 g/mol. The first-order chi connectivity index (χ1) is 8.95. The van der Waals surface area contributed by atoms with Crippen LogP contribution >= 0.6 is 15.9 Å². The highest BCUT2D eigenvalue weighted by molar-refractivity contribution is 9.10. The van der Waals surface area contributed by atoms with Crippen LogP contribution in [-0.2, 0) is 9.53 Å². The number of aryl methyl sites for hydroxylation is 1. The number of anilines is 1. The minimum atomic E-state index is -0.409. The largest absolute Gasteiger partial charge is 0.383 e. The lowest BCUT2D eigenvalue weighted by Crippen LogP contribution is -2.39. The van der Waals surface area contributed by atoms with E-state index in [2.05, 4.69) is 26.6 Å². The minimum absolute atomic E-state index is 0.128. The van der Waals surface area contributed by atoms with Crippen LogP contribution in [0.5, 0.6) is 0 Å². The van der Waals surface area contributed by atoms with Crippen LogP contribution < -0.4 is 10.6 Å². The van der Waals surface area contributed by atoms with Crippen LogP contribution in [0.1, 0.15) is 12.5 Å². The summed E-state index contributed by atoms with van der Waals surface area (Å²) in [6.07, 6.45) is 0. The second-order valence-electron chi connectivity index (χ2n) is 4.23. The Labute approximate surface area is 120 Å². The molecule has 0 heterocycles. The van der Waals surface area contributed by atoms with E-state index in [1.165, 1.54) is 6.07 Å². The number of carbonyl (C=O) groups is 1. The van der Waals surface area contributed by atoms with E-state index in [-0.39, 0.29) is 11.7 Å². The van der Waals surface area contributed by atoms with Gasteiger partial charge in [-0.1, -0.05) is 0 Å². The summed E-state index contributed by atoms with van der Waals surface area (Å²) in [5.41, 5.74) is 1.47. The highest BCUT2D eigenvalue weighted by Gasteiger charge is 2.14. The highest BCUT2D eigenvalue weighted by Crippen LogP contribution is 2.24. The molecule has 0 fully saturated rings. The van der Waals surface area contributed by atoms with Crippen LogP contribution in [0, 0.1) is 12.7 Å². The van der Waals surface area contributed by atoms with Gasteiger partial charge in [-0.3, -0.25) is 4.79 Å². The van der Waals surface area contributed by atoms with E-state index in [0.29, 0.717) is 17.6 Å². The second kappa shape index (κ2) is 7.45. The Bertz CT molecular complexity index is 455. The van der Waals surface area contributed by atoms with Crippen LogP contribution in [0.3, 0.4) is 0 Å². The maximum atomic E-state index is 13.3. The molecule has 1 amide bonds. The van der Waals surface area contributed by atoms with Crippen LogP contribution in [-0.4, -0.2) is 32.2 Å². The van der Waals surface area contributed by atoms with Crippen molar-refractivity contribution in [3.05, 3.63) is 28.0 Å². The zero-order valence-electron chi connectivity index (χ0n) is 11.2. The molecule has 1 aromatic rings. The smallest absolute Gasteiger partial charge is 0.242 e. The molecule has 0 saturated carbocycles. The van der Waals surface area contributed by atoms with Gasteiger partial charge in [-0.05, 0) is 47.5 Å². The Hall–Kier alpha value is -1.14. The first kappa shape index (κ1) is 15.9. The number of benzene rings is 1. The first-order valence-corrected chi connectivity index (χ1v) is 6.73. The van der Waals surface area contributed by atoms with Gasteiger partial charge in [-0.15, -0.1) is 0 Å². The number of amides is 1. The average Bonchev–Trinajstić information content (AvgIpc) is 2.36. The quantitative estimate of drug-likeness (QED) is 0.787. The molecule has 0 aliphatic carbocycles. The molecule has 0 spiro atoms. The molecule has 1 aromatic carbocycles. The van der Waals surface area contributed by atoms with E-state index in [1.807, 2.05) is 0 Å². The van der Waals surface area contributed by atoms with E-state index in [1.54, 1.807) is 27.0 Å². The standard InChI is InChI=1S/C13H18BrFN2O2/c1-8-6-11(15)10(14)7-12(8)17-9(2)13(18)16-4-5-19-3/h6-7,9,17H,4-5H2,1-3H3,(H,16,18). The summed E-state index contributed by atoms with van der Waals surface area (Å²) in [6, 6.07) is 2.64. The van der Waals surface area contributed by atoms with Gasteiger partial charge in [-0.2, -0.15) is 0 Å². The Morgan fingerprint density at radius 3 is 2.84 bits per heavy atom. The van der Waals surface area contributed by atoms with Crippen molar-refractivity contribution in [2.45, 2.75) is 19.9 Å². The molecular formula is C13H18BrFN2O2. The van der Waals surface area contributed by atoms with Gasteiger partial charge in [0.1, 0.15) is 11.9 Å². The van der Waals surface area contributed by atoms with Crippen molar-refractivity contribution in [2.75, 3.05) is 25.6 Å². The van der Waals surface area contributed by atoms with Crippen molar-refractivity contribution in [2.24, 2.45) is 0 Å². The van der Waals surface area contributed by atoms with Crippen LogP contribution in [0.4, 0.5) is 10.1 Å². The summed E-state index contributed by atoms with van der Waals surface area (Å²) in [5.74, 6) is -0.447. The van der Waals surface area contributed by atoms with Crippen LogP contribution in [0.2, 0.25) is 0 Å². The minimum Gasteiger partial charge on any atom is -0.383 e. The summed E-state index contributed by atoms with van der Waals surface area (Å²) >= 11 is 3.13. The molecule has 0 radical (unpaired) electrons. The predicted molar refractivity (Wildman–Crippen MR) is 76.8 cm³/mol. The normalized spacial score (nSPS) is 12.1. The van der Waals surface area contributed by atoms with Gasteiger partial charge >= 0.3 is 0 Å². The zero-order chi connectivity index (χ0) is 14.4. The third-order valence-electron chi connectivity index (χ3n) is 2.64. The van der Waals surface area contributed by atoms with Gasteiger partial charge in [0.05, 0.1) is 11.1 Å². The Balaban J connectivity index is 2.63. The van der Waals surface area contributed by atoms with Gasteiger partial charge in [-0.25, -0.2) is 4.39 Å². The van der Waals surface area contributed by atoms with Crippen LogP contribution in [0.25, 0.3) is 0 Å². The molecule has 0 bridgehead atoms. The molecule has 1 atom stereocenters. The molecule has 6 heteroatoms. The van der Waals surface area contributed by atoms with Gasteiger partial charge in [0.25, 0.3) is 0 Å². The number of rotatable bonds is 6. The van der Waals surface area contributed by atoms with Gasteiger partial charge in [0.2, 0.25) is 5.91 Å². The molecule has 1 rings (SSSR count). The van der Waals surface area contributed by atoms with Gasteiger partial charge in [0.15, 0.2) is 0 Å². The fourth-order valence-corrected chi connectivity index (χ4v) is 1.87. The van der Waals surface area contributed by atoms with Crippen molar-refractivity contribution >= 4 is 27.5 Å². The SMILES string of the molecule is COCCNC(=O)C(C)Nc1cc(Br)c(F)cc1C. The third kappa shape index (κ3) is 4.80. The summed E-state index contributed by atoms with van der Waals surface area (Å²) in [5, 5.41) is 5.79. The predicted octanol–water partition coefficient (Wildman–Crippen LogP) is 2.46. The lowest BCUT2D eigenvalue weighted by molar-refractivity contribution is -0.121. The number of nitrogens with one attached hydrogen (secondary N) is 2. The van der Waals surface area contributed by atoms with E-state index in [9.17, 15) is 9.18 Å². The first-order valence-electron chi connectivity index (χ1n) is 5.94. The maximum absolute atomic E-state index is 13.3. The van der Waals surface area contributed by atoms with E-state index in [0.717, 1.165) is 11.3 Å². The molecule has 2 N–H and O–H groups in total. The van der Waals surface area contributed by atoms with Crippen molar-refractivity contribution in [3.63, 3.8) is 0 Å². The van der Waals surface area contributed by atoms with E-state index >= 15 is 0 Å². The monoisotopic (exact) mass is 332 g/mol. The molecule has 106 valence electrons.